The zero-order valence-corrected chi connectivity index (χ0v) is 13.9. The third-order valence-electron chi connectivity index (χ3n) is 2.81. The normalized spacial score (nSPS) is 11.9. The summed E-state index contributed by atoms with van der Waals surface area (Å²) in [6.07, 6.45) is 0. The lowest BCUT2D eigenvalue weighted by molar-refractivity contribution is 0.579. The molecule has 0 bridgehead atoms. The molecule has 0 atom stereocenters. The van der Waals surface area contributed by atoms with Crippen molar-refractivity contribution in [1.29, 1.82) is 0 Å². The van der Waals surface area contributed by atoms with Crippen molar-refractivity contribution in [3.8, 4) is 0 Å². The van der Waals surface area contributed by atoms with Crippen LogP contribution in [-0.4, -0.2) is 15.0 Å². The molecule has 0 saturated carbocycles. The predicted molar refractivity (Wildman–Crippen MR) is 84.8 cm³/mol. The zero-order valence-electron chi connectivity index (χ0n) is 11.5. The molecule has 2 rings (SSSR count). The molecule has 0 radical (unpaired) electrons. The highest BCUT2D eigenvalue weighted by molar-refractivity contribution is 7.89. The minimum Gasteiger partial charge on any atom is -0.312 e. The van der Waals surface area contributed by atoms with E-state index in [4.69, 9.17) is 0 Å². The summed E-state index contributed by atoms with van der Waals surface area (Å²) in [5.41, 5.74) is 0.807. The van der Waals surface area contributed by atoms with Crippen LogP contribution in [0.1, 0.15) is 22.2 Å². The van der Waals surface area contributed by atoms with E-state index in [0.717, 1.165) is 21.9 Å². The Morgan fingerprint density at radius 1 is 1.25 bits per heavy atom. The minimum atomic E-state index is -3.46. The first-order chi connectivity index (χ1) is 9.54. The molecule has 0 saturated heterocycles. The molecule has 0 aliphatic rings. The second kappa shape index (κ2) is 6.82. The van der Waals surface area contributed by atoms with E-state index < -0.39 is 10.0 Å². The third-order valence-corrected chi connectivity index (χ3v) is 6.55. The number of nitrogens with one attached hydrogen (secondary N) is 2. The van der Waals surface area contributed by atoms with Crippen LogP contribution in [0.5, 0.6) is 0 Å². The van der Waals surface area contributed by atoms with Crippen LogP contribution in [-0.2, 0) is 23.1 Å². The van der Waals surface area contributed by atoms with Gasteiger partial charge in [-0.15, -0.1) is 22.7 Å². The van der Waals surface area contributed by atoms with Crippen molar-refractivity contribution in [1.82, 2.24) is 10.0 Å². The quantitative estimate of drug-likeness (QED) is 0.821. The number of hydrogen-bond donors (Lipinski definition) is 2. The van der Waals surface area contributed by atoms with Crippen LogP contribution < -0.4 is 10.0 Å². The topological polar surface area (TPSA) is 58.2 Å². The van der Waals surface area contributed by atoms with Gasteiger partial charge in [-0.25, -0.2) is 13.1 Å². The van der Waals surface area contributed by atoms with Gasteiger partial charge in [0, 0.05) is 22.8 Å². The number of sulfonamides is 1. The van der Waals surface area contributed by atoms with Crippen molar-refractivity contribution < 1.29 is 8.42 Å². The van der Waals surface area contributed by atoms with Crippen molar-refractivity contribution >= 4 is 32.7 Å². The summed E-state index contributed by atoms with van der Waals surface area (Å²) in [5, 5.41) is 7.02. The molecule has 0 fully saturated rings. The minimum absolute atomic E-state index is 0.343. The van der Waals surface area contributed by atoms with Gasteiger partial charge in [0.2, 0.25) is 10.0 Å². The van der Waals surface area contributed by atoms with Gasteiger partial charge in [-0.1, -0.05) is 13.0 Å². The first-order valence-electron chi connectivity index (χ1n) is 6.34. The maximum atomic E-state index is 12.5. The molecular formula is C13H18N2O2S3. The Kier molecular flexibility index (Phi) is 5.34. The van der Waals surface area contributed by atoms with E-state index in [1.165, 1.54) is 11.3 Å². The first kappa shape index (κ1) is 15.7. The van der Waals surface area contributed by atoms with Gasteiger partial charge in [0.1, 0.15) is 4.90 Å². The summed E-state index contributed by atoms with van der Waals surface area (Å²) in [5.74, 6) is 0. The van der Waals surface area contributed by atoms with E-state index in [1.807, 2.05) is 36.7 Å². The molecule has 2 aromatic rings. The molecule has 20 heavy (non-hydrogen) atoms. The van der Waals surface area contributed by atoms with Gasteiger partial charge in [0.15, 0.2) is 0 Å². The van der Waals surface area contributed by atoms with Crippen LogP contribution in [0.25, 0.3) is 0 Å². The molecule has 0 aliphatic heterocycles. The summed E-state index contributed by atoms with van der Waals surface area (Å²) in [6.45, 7) is 5.59. The molecule has 2 N–H and O–H groups in total. The smallest absolute Gasteiger partial charge is 0.242 e. The Bertz CT molecular complexity index is 645. The highest BCUT2D eigenvalue weighted by atomic mass is 32.2. The molecule has 7 heteroatoms. The molecule has 0 spiro atoms. The zero-order chi connectivity index (χ0) is 14.6. The molecule has 0 aliphatic carbocycles. The van der Waals surface area contributed by atoms with Gasteiger partial charge in [-0.05, 0) is 35.9 Å². The second-order valence-corrected chi connectivity index (χ2v) is 8.06. The summed E-state index contributed by atoms with van der Waals surface area (Å²) in [4.78, 5) is 2.30. The fourth-order valence-electron chi connectivity index (χ4n) is 1.86. The Hall–Kier alpha value is -0.730. The van der Waals surface area contributed by atoms with Crippen molar-refractivity contribution in [2.75, 3.05) is 6.54 Å². The van der Waals surface area contributed by atoms with Crippen LogP contribution >= 0.6 is 22.7 Å². The van der Waals surface area contributed by atoms with E-state index in [-0.39, 0.29) is 0 Å². The standard InChI is InChI=1S/C13H18N2O2S3/c1-3-14-8-12-13(10(2)9-19-12)20(16,17)15-7-11-5-4-6-18-11/h4-6,9,14-15H,3,7-8H2,1-2H3. The molecule has 0 unspecified atom stereocenters. The lowest BCUT2D eigenvalue weighted by Crippen LogP contribution is -2.25. The van der Waals surface area contributed by atoms with Gasteiger partial charge in [0.25, 0.3) is 0 Å². The van der Waals surface area contributed by atoms with Gasteiger partial charge in [0.05, 0.1) is 0 Å². The molecule has 110 valence electrons. The average molecular weight is 330 g/mol. The van der Waals surface area contributed by atoms with E-state index in [0.29, 0.717) is 18.0 Å². The van der Waals surface area contributed by atoms with Gasteiger partial charge in [-0.3, -0.25) is 0 Å². The predicted octanol–water partition coefficient (Wildman–Crippen LogP) is 2.71. The first-order valence-corrected chi connectivity index (χ1v) is 9.58. The number of hydrogen-bond acceptors (Lipinski definition) is 5. The monoisotopic (exact) mass is 330 g/mol. The van der Waals surface area contributed by atoms with Crippen molar-refractivity contribution in [2.24, 2.45) is 0 Å². The Balaban J connectivity index is 2.18. The number of rotatable bonds is 7. The lowest BCUT2D eigenvalue weighted by Gasteiger charge is -2.09. The Morgan fingerprint density at radius 2 is 2.05 bits per heavy atom. The highest BCUT2D eigenvalue weighted by Crippen LogP contribution is 2.27. The van der Waals surface area contributed by atoms with E-state index in [2.05, 4.69) is 10.0 Å². The molecule has 4 nitrogen and oxygen atoms in total. The average Bonchev–Trinajstić information content (AvgIpc) is 3.03. The highest BCUT2D eigenvalue weighted by Gasteiger charge is 2.22. The Morgan fingerprint density at radius 3 is 2.70 bits per heavy atom. The second-order valence-electron chi connectivity index (χ2n) is 4.36. The molecular weight excluding hydrogens is 312 g/mol. The number of thiophene rings is 2. The maximum absolute atomic E-state index is 12.5. The fraction of sp³-hybridized carbons (Fsp3) is 0.385. The summed E-state index contributed by atoms with van der Waals surface area (Å²) >= 11 is 3.03. The maximum Gasteiger partial charge on any atom is 0.242 e. The fourth-order valence-corrected chi connectivity index (χ4v) is 5.38. The molecule has 0 aromatic carbocycles. The van der Waals surface area contributed by atoms with Crippen molar-refractivity contribution in [3.05, 3.63) is 38.2 Å². The summed E-state index contributed by atoms with van der Waals surface area (Å²) < 4.78 is 27.6. The Labute approximate surface area is 127 Å². The third kappa shape index (κ3) is 3.67. The van der Waals surface area contributed by atoms with Crippen LogP contribution in [0.2, 0.25) is 0 Å². The summed E-state index contributed by atoms with van der Waals surface area (Å²) in [7, 11) is -3.46. The van der Waals surface area contributed by atoms with Crippen LogP contribution in [0.4, 0.5) is 0 Å². The molecule has 0 amide bonds. The number of aryl methyl sites for hydroxylation is 1. The lowest BCUT2D eigenvalue weighted by atomic mass is 10.3. The van der Waals surface area contributed by atoms with Gasteiger partial charge in [-0.2, -0.15) is 0 Å². The molecule has 2 aromatic heterocycles. The van der Waals surface area contributed by atoms with E-state index in [1.54, 1.807) is 11.3 Å². The van der Waals surface area contributed by atoms with Crippen molar-refractivity contribution in [3.63, 3.8) is 0 Å². The summed E-state index contributed by atoms with van der Waals surface area (Å²) in [6, 6.07) is 3.84. The van der Waals surface area contributed by atoms with Crippen LogP contribution in [0, 0.1) is 6.92 Å². The van der Waals surface area contributed by atoms with Crippen LogP contribution in [0.3, 0.4) is 0 Å². The van der Waals surface area contributed by atoms with Crippen molar-refractivity contribution in [2.45, 2.75) is 31.8 Å². The molecule has 2 heterocycles. The van der Waals surface area contributed by atoms with Gasteiger partial charge >= 0.3 is 0 Å². The van der Waals surface area contributed by atoms with E-state index in [9.17, 15) is 8.42 Å². The van der Waals surface area contributed by atoms with E-state index >= 15 is 0 Å². The largest absolute Gasteiger partial charge is 0.312 e. The van der Waals surface area contributed by atoms with Gasteiger partial charge < -0.3 is 5.32 Å². The SMILES string of the molecule is CCNCc1scc(C)c1S(=O)(=O)NCc1cccs1. The van der Waals surface area contributed by atoms with Crippen LogP contribution in [0.15, 0.2) is 27.8 Å².